The zero-order valence-corrected chi connectivity index (χ0v) is 7.17. The standard InChI is InChI=1S/2C2H3O.Sn/c2*1-2-3;/h2*1H3;. The van der Waals surface area contributed by atoms with Gasteiger partial charge < -0.3 is 0 Å². The molecule has 0 fully saturated rings. The summed E-state index contributed by atoms with van der Waals surface area (Å²) in [5.74, 6) is 0. The molecule has 38 valence electrons. The van der Waals surface area contributed by atoms with Gasteiger partial charge in [-0.1, -0.05) is 0 Å². The zero-order valence-electron chi connectivity index (χ0n) is 4.32. The van der Waals surface area contributed by atoms with E-state index in [4.69, 9.17) is 0 Å². The molecule has 0 saturated heterocycles. The van der Waals surface area contributed by atoms with Crippen LogP contribution in [-0.4, -0.2) is 28.7 Å². The van der Waals surface area contributed by atoms with Crippen LogP contribution in [0, 0.1) is 0 Å². The van der Waals surface area contributed by atoms with Gasteiger partial charge in [-0.15, -0.1) is 0 Å². The Kier molecular flexibility index (Phi) is 3.24. The van der Waals surface area contributed by atoms with Crippen molar-refractivity contribution in [2.75, 3.05) is 0 Å². The monoisotopic (exact) mass is 206 g/mol. The van der Waals surface area contributed by atoms with Crippen molar-refractivity contribution in [1.29, 1.82) is 0 Å². The van der Waals surface area contributed by atoms with E-state index in [9.17, 15) is 9.59 Å². The van der Waals surface area contributed by atoms with Crippen molar-refractivity contribution in [3.8, 4) is 0 Å². The summed E-state index contributed by atoms with van der Waals surface area (Å²) in [7, 11) is 0. The molecular weight excluding hydrogens is 199 g/mol. The molecule has 0 heterocycles. The van der Waals surface area contributed by atoms with Crippen molar-refractivity contribution in [3.63, 3.8) is 0 Å². The van der Waals surface area contributed by atoms with Gasteiger partial charge in [-0.05, 0) is 0 Å². The first-order valence-electron chi connectivity index (χ1n) is 1.91. The predicted octanol–water partition coefficient (Wildman–Crippen LogP) is -0.216. The van der Waals surface area contributed by atoms with E-state index in [1.807, 2.05) is 0 Å². The van der Waals surface area contributed by atoms with Gasteiger partial charge in [0.25, 0.3) is 0 Å². The SMILES string of the molecule is C[C](=O)[Sn][C](C)=O. The fourth-order valence-corrected chi connectivity index (χ4v) is 1.66. The third-order valence-electron chi connectivity index (χ3n) is 0.352. The van der Waals surface area contributed by atoms with E-state index >= 15 is 0 Å². The summed E-state index contributed by atoms with van der Waals surface area (Å²) in [5.41, 5.74) is 0. The van der Waals surface area contributed by atoms with Gasteiger partial charge in [0.2, 0.25) is 0 Å². The van der Waals surface area contributed by atoms with Gasteiger partial charge in [-0.2, -0.15) is 0 Å². The van der Waals surface area contributed by atoms with Crippen molar-refractivity contribution in [3.05, 3.63) is 0 Å². The Hall–Kier alpha value is 0.139. The first-order chi connectivity index (χ1) is 3.13. The Bertz CT molecular complexity index is 85.9. The zero-order chi connectivity index (χ0) is 5.86. The minimum absolute atomic E-state index is 0.108. The van der Waals surface area contributed by atoms with Crippen molar-refractivity contribution >= 4 is 28.7 Å². The van der Waals surface area contributed by atoms with Gasteiger partial charge in [0, 0.05) is 0 Å². The third-order valence-corrected chi connectivity index (χ3v) is 2.36. The molecular formula is C4H6O2Sn. The number of hydrogen-bond acceptors (Lipinski definition) is 2. The molecule has 0 saturated carbocycles. The van der Waals surface area contributed by atoms with Crippen molar-refractivity contribution in [1.82, 2.24) is 0 Å². The van der Waals surface area contributed by atoms with Crippen molar-refractivity contribution in [2.24, 2.45) is 0 Å². The molecule has 0 aromatic heterocycles. The molecule has 0 rings (SSSR count). The summed E-state index contributed by atoms with van der Waals surface area (Å²) in [6.07, 6.45) is 0. The van der Waals surface area contributed by atoms with E-state index in [2.05, 4.69) is 0 Å². The molecule has 3 heteroatoms. The van der Waals surface area contributed by atoms with Crippen LogP contribution in [0.5, 0.6) is 0 Å². The second-order valence-electron chi connectivity index (χ2n) is 1.24. The van der Waals surface area contributed by atoms with Gasteiger partial charge in [0.15, 0.2) is 0 Å². The van der Waals surface area contributed by atoms with E-state index in [0.29, 0.717) is 0 Å². The maximum atomic E-state index is 10.1. The molecule has 0 aromatic carbocycles. The van der Waals surface area contributed by atoms with Gasteiger partial charge in [0.05, 0.1) is 0 Å². The van der Waals surface area contributed by atoms with Crippen LogP contribution in [0.1, 0.15) is 13.8 Å². The molecule has 0 amide bonds. The molecule has 0 unspecified atom stereocenters. The van der Waals surface area contributed by atoms with E-state index in [1.165, 1.54) is 13.8 Å². The van der Waals surface area contributed by atoms with Crippen LogP contribution >= 0.6 is 0 Å². The first-order valence-corrected chi connectivity index (χ1v) is 4.76. The summed E-state index contributed by atoms with van der Waals surface area (Å²) < 4.78 is 0.215. The number of carbonyl (C=O) groups excluding carboxylic acids is 2. The van der Waals surface area contributed by atoms with E-state index in [-0.39, 0.29) is 7.60 Å². The van der Waals surface area contributed by atoms with Crippen LogP contribution in [0.25, 0.3) is 0 Å². The van der Waals surface area contributed by atoms with Crippen molar-refractivity contribution in [2.45, 2.75) is 13.8 Å². The first kappa shape index (κ1) is 7.14. The van der Waals surface area contributed by atoms with Crippen LogP contribution in [-0.2, 0) is 9.59 Å². The van der Waals surface area contributed by atoms with Gasteiger partial charge in [0.1, 0.15) is 0 Å². The summed E-state index contributed by atoms with van der Waals surface area (Å²) in [6.45, 7) is 2.96. The second kappa shape index (κ2) is 3.18. The fraction of sp³-hybridized carbons (Fsp3) is 0.500. The van der Waals surface area contributed by atoms with E-state index < -0.39 is 21.1 Å². The second-order valence-corrected chi connectivity index (χ2v) is 5.97. The molecule has 0 N–H and O–H groups in total. The molecule has 7 heavy (non-hydrogen) atoms. The summed E-state index contributed by atoms with van der Waals surface area (Å²) in [6, 6.07) is 0. The predicted molar refractivity (Wildman–Crippen MR) is 27.1 cm³/mol. The average Bonchev–Trinajstić information content (AvgIpc) is 1.27. The minimum atomic E-state index is -1.24. The molecule has 0 spiro atoms. The molecule has 2 radical (unpaired) electrons. The third kappa shape index (κ3) is 6.14. The number of rotatable bonds is 2. The number of carbonyl (C=O) groups is 2. The Morgan fingerprint density at radius 3 is 1.43 bits per heavy atom. The summed E-state index contributed by atoms with van der Waals surface area (Å²) in [4.78, 5) is 20.2. The van der Waals surface area contributed by atoms with E-state index in [1.54, 1.807) is 0 Å². The van der Waals surface area contributed by atoms with Crippen LogP contribution in [0.2, 0.25) is 0 Å². The van der Waals surface area contributed by atoms with Gasteiger partial charge >= 0.3 is 52.2 Å². The molecule has 2 nitrogen and oxygen atoms in total. The van der Waals surface area contributed by atoms with E-state index in [0.717, 1.165) is 0 Å². The van der Waals surface area contributed by atoms with Gasteiger partial charge in [-0.25, -0.2) is 0 Å². The molecule has 0 atom stereocenters. The Balaban J connectivity index is 3.32. The molecule has 0 aliphatic rings. The molecule has 0 aliphatic heterocycles. The molecule has 0 bridgehead atoms. The normalized spacial score (nSPS) is 8.29. The van der Waals surface area contributed by atoms with Crippen LogP contribution in [0.4, 0.5) is 0 Å². The Morgan fingerprint density at radius 2 is 1.43 bits per heavy atom. The van der Waals surface area contributed by atoms with Crippen LogP contribution in [0.15, 0.2) is 0 Å². The Labute approximate surface area is 52.5 Å². The summed E-state index contributed by atoms with van der Waals surface area (Å²) in [5, 5.41) is 0. The van der Waals surface area contributed by atoms with Crippen LogP contribution in [0.3, 0.4) is 0 Å². The topological polar surface area (TPSA) is 34.1 Å². The van der Waals surface area contributed by atoms with Crippen molar-refractivity contribution < 1.29 is 9.59 Å². The quantitative estimate of drug-likeness (QED) is 0.584. The summed E-state index contributed by atoms with van der Waals surface area (Å²) >= 11 is -1.24. The average molecular weight is 205 g/mol. The number of hydrogen-bond donors (Lipinski definition) is 0. The molecule has 0 aliphatic carbocycles. The maximum absolute atomic E-state index is 10.1. The van der Waals surface area contributed by atoms with Gasteiger partial charge in [-0.3, -0.25) is 0 Å². The fourth-order valence-electron chi connectivity index (χ4n) is 0.248. The Morgan fingerprint density at radius 1 is 1.14 bits per heavy atom. The van der Waals surface area contributed by atoms with Crippen LogP contribution < -0.4 is 0 Å². The molecule has 0 aromatic rings.